The van der Waals surface area contributed by atoms with Crippen LogP contribution in [0.4, 0.5) is 15.3 Å². The van der Waals surface area contributed by atoms with E-state index >= 15 is 0 Å². The van der Waals surface area contributed by atoms with Crippen LogP contribution in [0.5, 0.6) is 0 Å². The molecule has 2 fully saturated rings. The number of carbonyl (C=O) groups excluding carboxylic acids is 13. The topological polar surface area (TPSA) is 430 Å². The maximum Gasteiger partial charge on any atom is 0.410 e. The van der Waals surface area contributed by atoms with Crippen LogP contribution >= 0.6 is 11.8 Å². The van der Waals surface area contributed by atoms with Crippen LogP contribution in [0.1, 0.15) is 170 Å². The molecule has 3 unspecified atom stereocenters. The fourth-order valence-corrected chi connectivity index (χ4v) is 15.0. The predicted octanol–water partition coefficient (Wildman–Crippen LogP) is 5.05. The fraction of sp³-hybridized carbons (Fsp3) is 0.667. The molecule has 106 heavy (non-hydrogen) atoms. The highest BCUT2D eigenvalue weighted by molar-refractivity contribution is 8.00. The molecule has 0 bridgehead atoms. The molecule has 2 aromatic carbocycles. The van der Waals surface area contributed by atoms with Crippen molar-refractivity contribution in [2.75, 3.05) is 65.6 Å². The Labute approximate surface area is 628 Å². The molecule has 12 amide bonds. The molecule has 0 aromatic heterocycles. The van der Waals surface area contributed by atoms with Gasteiger partial charge >= 0.3 is 12.1 Å². The van der Waals surface area contributed by atoms with Crippen molar-refractivity contribution in [3.63, 3.8) is 0 Å². The summed E-state index contributed by atoms with van der Waals surface area (Å²) in [7, 11) is 6.16. The number of rotatable bonds is 47. The number of hydrogen-bond donors (Lipinski definition) is 9. The molecule has 4 rings (SSSR count). The zero-order chi connectivity index (χ0) is 79.2. The van der Waals surface area contributed by atoms with E-state index in [-0.39, 0.29) is 112 Å². The minimum atomic E-state index is -1.13. The smallest absolute Gasteiger partial charge is 0.410 e. The van der Waals surface area contributed by atoms with Crippen molar-refractivity contribution in [2.45, 2.75) is 219 Å². The van der Waals surface area contributed by atoms with E-state index in [1.54, 1.807) is 94.8 Å². The Hall–Kier alpha value is -8.10. The van der Waals surface area contributed by atoms with Crippen molar-refractivity contribution in [3.05, 3.63) is 65.7 Å². The van der Waals surface area contributed by atoms with E-state index in [9.17, 15) is 67.4 Å². The molecular formula is C75H118N12O18S. The number of nitrogens with zero attached hydrogens (tertiary/aromatic N) is 4. The standard InChI is InChI=1S/C75H118N12O18S/c1-15-46(8)66(58(102-13)38-62(92)86-35-23-27-55(86)68(103-14)47(9)70(96)80-48(10)67(94)50-24-18-16-19-25-50)84(11)72(98)53(43(2)3)37-57(89)65(45(6)7)85(12)75(101)104-40-49-29-31-52(32-30-49)81-71(97)51(26-22-33-79-74(77)100)36-56(88)64(44(4)5)83-60(90)28-20-17-21-34-87-63(93)39-59(73(87)99)106-42-54(69(76)95)82-61(91)41-105-78/h16,18-19,24-25,29-32,43-48,51,53-55,58-59,64-68,94H,15,17,20-23,26-28,33-42,78H2,1-14H3,(H2,76,95)(H,80,96)(H,81,97)(H,82,91)(H,83,90)(H3,77,79,100)/t46-,47+,48+,51+,53-,54?,55-,58+,59?,64-,65-,66?,67+,68+/m0/s1. The number of ketones is 2. The number of methoxy groups -OCH3 is 2. The molecule has 2 aliphatic heterocycles. The van der Waals surface area contributed by atoms with Crippen LogP contribution in [0.25, 0.3) is 0 Å². The molecule has 592 valence electrons. The highest BCUT2D eigenvalue weighted by atomic mass is 32.2. The number of unbranched alkanes of at least 4 members (excludes halogenated alkanes) is 2. The number of carbonyl (C=O) groups is 13. The van der Waals surface area contributed by atoms with Crippen LogP contribution < -0.4 is 43.9 Å². The number of thioether (sulfide) groups is 1. The molecule has 30 nitrogen and oxygen atoms in total. The number of benzene rings is 2. The summed E-state index contributed by atoms with van der Waals surface area (Å²) in [6, 6.07) is 10.0. The van der Waals surface area contributed by atoms with E-state index in [0.717, 1.165) is 16.7 Å². The van der Waals surface area contributed by atoms with Crippen LogP contribution in [0.15, 0.2) is 54.6 Å². The van der Waals surface area contributed by atoms with Gasteiger partial charge in [0.25, 0.3) is 0 Å². The van der Waals surface area contributed by atoms with E-state index in [1.807, 2.05) is 45.9 Å². The normalized spacial score (nSPS) is 17.9. The molecule has 14 atom stereocenters. The second-order valence-corrected chi connectivity index (χ2v) is 30.2. The van der Waals surface area contributed by atoms with Gasteiger partial charge in [-0.05, 0) is 92.4 Å². The summed E-state index contributed by atoms with van der Waals surface area (Å²) in [4.78, 5) is 184. The molecule has 2 heterocycles. The highest BCUT2D eigenvalue weighted by Crippen LogP contribution is 2.33. The second-order valence-electron chi connectivity index (χ2n) is 28.9. The van der Waals surface area contributed by atoms with Gasteiger partial charge in [-0.15, -0.1) is 11.8 Å². The number of ether oxygens (including phenoxy) is 3. The van der Waals surface area contributed by atoms with E-state index in [0.29, 0.717) is 61.9 Å². The molecule has 0 radical (unpaired) electrons. The van der Waals surface area contributed by atoms with Crippen LogP contribution in [0, 0.1) is 41.4 Å². The molecule has 0 aliphatic carbocycles. The summed E-state index contributed by atoms with van der Waals surface area (Å²) in [5.41, 5.74) is 12.2. The van der Waals surface area contributed by atoms with Gasteiger partial charge in [-0.2, -0.15) is 0 Å². The summed E-state index contributed by atoms with van der Waals surface area (Å²) >= 11 is 1.01. The number of likely N-dealkylation sites (N-methyl/N-ethyl adjacent to an activating group) is 2. The number of urea groups is 1. The minimum absolute atomic E-state index is 0.0285. The Kier molecular flexibility index (Phi) is 38.2. The molecule has 12 N–H and O–H groups in total. The third kappa shape index (κ3) is 27.3. The van der Waals surface area contributed by atoms with E-state index < -0.39 is 143 Å². The van der Waals surface area contributed by atoms with Crippen molar-refractivity contribution in [1.29, 1.82) is 0 Å². The van der Waals surface area contributed by atoms with E-state index in [2.05, 4.69) is 31.4 Å². The fourth-order valence-electron chi connectivity index (χ4n) is 13.8. The van der Waals surface area contributed by atoms with Crippen LogP contribution in [-0.4, -0.2) is 216 Å². The predicted molar refractivity (Wildman–Crippen MR) is 399 cm³/mol. The van der Waals surface area contributed by atoms with Gasteiger partial charge in [0.2, 0.25) is 53.2 Å². The van der Waals surface area contributed by atoms with Gasteiger partial charge in [-0.25, -0.2) is 15.5 Å². The third-order valence-electron chi connectivity index (χ3n) is 20.1. The monoisotopic (exact) mass is 1510 g/mol. The lowest BCUT2D eigenvalue weighted by Crippen LogP contribution is -2.55. The largest absolute Gasteiger partial charge is 0.445 e. The summed E-state index contributed by atoms with van der Waals surface area (Å²) in [5.74, 6) is -3.75. The van der Waals surface area contributed by atoms with Gasteiger partial charge < -0.3 is 72.1 Å². The first-order valence-electron chi connectivity index (χ1n) is 36.8. The molecular weight excluding hydrogens is 1390 g/mol. The zero-order valence-corrected chi connectivity index (χ0v) is 65.1. The first kappa shape index (κ1) is 90.3. The number of Topliss-reactive ketones (excluding diaryl/α,β-unsaturated/α-hetero) is 2. The quantitative estimate of drug-likeness (QED) is 0.0238. The van der Waals surface area contributed by atoms with Gasteiger partial charge in [0, 0.05) is 96.9 Å². The van der Waals surface area contributed by atoms with E-state index in [1.165, 1.54) is 26.2 Å². The maximum absolute atomic E-state index is 14.9. The Morgan fingerprint density at radius 2 is 1.42 bits per heavy atom. The summed E-state index contributed by atoms with van der Waals surface area (Å²) < 4.78 is 17.8. The number of nitrogens with one attached hydrogen (secondary N) is 5. The average molecular weight is 1510 g/mol. The molecule has 31 heteroatoms. The van der Waals surface area contributed by atoms with Crippen molar-refractivity contribution < 1.29 is 86.5 Å². The first-order chi connectivity index (χ1) is 50.1. The third-order valence-corrected chi connectivity index (χ3v) is 21.4. The summed E-state index contributed by atoms with van der Waals surface area (Å²) in [5, 5.41) is 23.7. The van der Waals surface area contributed by atoms with Gasteiger partial charge in [0.05, 0.1) is 66.1 Å². The summed E-state index contributed by atoms with van der Waals surface area (Å²) in [6.07, 6.45) is -0.239. The van der Waals surface area contributed by atoms with Crippen molar-refractivity contribution in [3.8, 4) is 0 Å². The highest BCUT2D eigenvalue weighted by Gasteiger charge is 2.45. The average Bonchev–Trinajstić information content (AvgIpc) is 1.41. The number of anilines is 1. The molecule has 2 aromatic rings. The molecule has 2 saturated heterocycles. The SMILES string of the molecule is CC[C@H](C)C([C@@H](CC(=O)N1CCC[C@H]1[C@H](OC)[C@@H](C)C(=O)N[C@H](C)[C@@H](O)c1ccccc1)OC)N(C)C(=O)[C@@H](CC(=O)[C@H](C(C)C)N(C)C(=O)OCc1ccc(NC(=O)[C@H](CCCNC(N)=O)CC(=O)[C@@H](NC(=O)CCCCCN2C(=O)CC(SCC(NC(=O)CON)C(N)=O)C2=O)C(C)C)cc1)C(C)C. The van der Waals surface area contributed by atoms with Gasteiger partial charge in [-0.3, -0.25) is 62.5 Å². The van der Waals surface area contributed by atoms with Crippen LogP contribution in [0.3, 0.4) is 0 Å². The molecule has 0 saturated carbocycles. The Balaban J connectivity index is 1.34. The zero-order valence-electron chi connectivity index (χ0n) is 64.3. The number of hydrogen-bond acceptors (Lipinski definition) is 20. The maximum atomic E-state index is 14.9. The van der Waals surface area contributed by atoms with Gasteiger partial charge in [0.1, 0.15) is 19.3 Å². The second kappa shape index (κ2) is 44.9. The number of imide groups is 1. The van der Waals surface area contributed by atoms with Gasteiger partial charge in [0.15, 0.2) is 11.6 Å². The lowest BCUT2D eigenvalue weighted by molar-refractivity contribution is -0.149. The Morgan fingerprint density at radius 1 is 0.745 bits per heavy atom. The number of aliphatic hydroxyl groups excluding tert-OH is 1. The van der Waals surface area contributed by atoms with Crippen molar-refractivity contribution in [2.24, 2.45) is 58.8 Å². The summed E-state index contributed by atoms with van der Waals surface area (Å²) in [6.45, 7) is 18.2. The Bertz CT molecular complexity index is 3260. The van der Waals surface area contributed by atoms with Crippen LogP contribution in [0.2, 0.25) is 0 Å². The number of likely N-dealkylation sites (tertiary alicyclic amines) is 2. The molecule has 2 aliphatic rings. The van der Waals surface area contributed by atoms with Crippen LogP contribution in [-0.2, 0) is 78.4 Å². The molecule has 0 spiro atoms. The lowest BCUT2D eigenvalue weighted by atomic mass is 9.83. The number of amides is 12. The number of aliphatic hydroxyl groups is 1. The van der Waals surface area contributed by atoms with Crippen molar-refractivity contribution >= 4 is 94.3 Å². The van der Waals surface area contributed by atoms with Gasteiger partial charge in [-0.1, -0.05) is 118 Å². The first-order valence-corrected chi connectivity index (χ1v) is 37.9. The minimum Gasteiger partial charge on any atom is -0.445 e. The Morgan fingerprint density at radius 3 is 2.00 bits per heavy atom. The van der Waals surface area contributed by atoms with E-state index in [4.69, 9.17) is 31.6 Å². The number of primary amides is 2. The van der Waals surface area contributed by atoms with Crippen molar-refractivity contribution in [1.82, 2.24) is 40.9 Å². The number of nitrogens with two attached hydrogens (primary N) is 3. The lowest BCUT2D eigenvalue weighted by Gasteiger charge is -2.41.